The molecule has 0 bridgehead atoms. The minimum atomic E-state index is -0.964. The van der Waals surface area contributed by atoms with E-state index in [0.717, 1.165) is 10.9 Å². The quantitative estimate of drug-likeness (QED) is 0.900. The number of hydrogen-bond acceptors (Lipinski definition) is 2. The molecule has 0 aliphatic heterocycles. The van der Waals surface area contributed by atoms with Gasteiger partial charge in [0.15, 0.2) is 5.69 Å². The van der Waals surface area contributed by atoms with E-state index < -0.39 is 5.97 Å². The third kappa shape index (κ3) is 1.83. The Morgan fingerprint density at radius 2 is 2.17 bits per heavy atom. The zero-order valence-electron chi connectivity index (χ0n) is 10.2. The molecule has 0 saturated heterocycles. The van der Waals surface area contributed by atoms with Crippen LogP contribution in [0.5, 0.6) is 0 Å². The molecule has 1 fully saturated rings. The third-order valence-electron chi connectivity index (χ3n) is 3.44. The molecule has 0 radical (unpaired) electrons. The molecule has 1 saturated carbocycles. The van der Waals surface area contributed by atoms with E-state index in [9.17, 15) is 9.90 Å². The summed E-state index contributed by atoms with van der Waals surface area (Å²) in [6, 6.07) is 9.19. The Kier molecular flexibility index (Phi) is 2.51. The van der Waals surface area contributed by atoms with Gasteiger partial charge < -0.3 is 9.94 Å². The van der Waals surface area contributed by atoms with E-state index in [1.807, 2.05) is 31.2 Å². The van der Waals surface area contributed by atoms with Crippen molar-refractivity contribution < 1.29 is 14.7 Å². The van der Waals surface area contributed by atoms with Crippen molar-refractivity contribution in [3.8, 4) is 0 Å². The second-order valence-corrected chi connectivity index (χ2v) is 4.84. The van der Waals surface area contributed by atoms with Crippen LogP contribution in [-0.4, -0.2) is 21.9 Å². The van der Waals surface area contributed by atoms with Crippen molar-refractivity contribution in [3.05, 3.63) is 36.0 Å². The molecule has 1 aromatic carbocycles. The lowest BCUT2D eigenvalue weighted by Gasteiger charge is -2.16. The highest BCUT2D eigenvalue weighted by Gasteiger charge is 2.31. The summed E-state index contributed by atoms with van der Waals surface area (Å²) in [6.45, 7) is 2.00. The number of para-hydroxylation sites is 1. The SMILES string of the molecule is CC(On1c(C(=O)O)cc2ccccc21)C1CC1. The van der Waals surface area contributed by atoms with E-state index in [1.54, 1.807) is 6.07 Å². The minimum Gasteiger partial charge on any atom is -0.476 e. The number of benzene rings is 1. The van der Waals surface area contributed by atoms with Crippen LogP contribution < -0.4 is 4.84 Å². The number of carbonyl (C=O) groups is 1. The van der Waals surface area contributed by atoms with Crippen molar-refractivity contribution in [2.45, 2.75) is 25.9 Å². The third-order valence-corrected chi connectivity index (χ3v) is 3.44. The summed E-state index contributed by atoms with van der Waals surface area (Å²) in [4.78, 5) is 17.1. The highest BCUT2D eigenvalue weighted by molar-refractivity contribution is 5.94. The van der Waals surface area contributed by atoms with Gasteiger partial charge in [0.05, 0.1) is 5.52 Å². The lowest BCUT2D eigenvalue weighted by molar-refractivity contribution is 0.0316. The molecule has 1 unspecified atom stereocenters. The molecule has 0 amide bonds. The number of aromatic carboxylic acids is 1. The van der Waals surface area contributed by atoms with Gasteiger partial charge in [0, 0.05) is 5.39 Å². The van der Waals surface area contributed by atoms with Crippen molar-refractivity contribution in [2.75, 3.05) is 0 Å². The van der Waals surface area contributed by atoms with Crippen molar-refractivity contribution >= 4 is 16.9 Å². The van der Waals surface area contributed by atoms with Crippen molar-refractivity contribution in [3.63, 3.8) is 0 Å². The van der Waals surface area contributed by atoms with E-state index >= 15 is 0 Å². The highest BCUT2D eigenvalue weighted by Crippen LogP contribution is 2.33. The number of carboxylic acid groups (broad SMARTS) is 1. The van der Waals surface area contributed by atoms with Crippen LogP contribution in [-0.2, 0) is 0 Å². The van der Waals surface area contributed by atoms with Gasteiger partial charge in [-0.05, 0) is 37.8 Å². The van der Waals surface area contributed by atoms with Crippen LogP contribution in [0.4, 0.5) is 0 Å². The second kappa shape index (κ2) is 4.05. The Bertz CT molecular complexity index is 598. The normalized spacial score (nSPS) is 16.7. The van der Waals surface area contributed by atoms with Gasteiger partial charge in [0.1, 0.15) is 6.10 Å². The van der Waals surface area contributed by atoms with Gasteiger partial charge in [-0.2, -0.15) is 4.73 Å². The van der Waals surface area contributed by atoms with Gasteiger partial charge in [-0.25, -0.2) is 4.79 Å². The Hall–Kier alpha value is -1.97. The summed E-state index contributed by atoms with van der Waals surface area (Å²) in [5.74, 6) is -0.401. The fourth-order valence-electron chi connectivity index (χ4n) is 2.21. The van der Waals surface area contributed by atoms with Crippen molar-refractivity contribution in [1.29, 1.82) is 0 Å². The van der Waals surface area contributed by atoms with E-state index in [-0.39, 0.29) is 11.8 Å². The lowest BCUT2D eigenvalue weighted by atomic mass is 10.2. The smallest absolute Gasteiger partial charge is 0.356 e. The first-order chi connectivity index (χ1) is 8.66. The zero-order valence-corrected chi connectivity index (χ0v) is 10.2. The van der Waals surface area contributed by atoms with Crippen LogP contribution >= 0.6 is 0 Å². The maximum atomic E-state index is 11.3. The Labute approximate surface area is 105 Å². The summed E-state index contributed by atoms with van der Waals surface area (Å²) < 4.78 is 1.46. The highest BCUT2D eigenvalue weighted by atomic mass is 16.7. The summed E-state index contributed by atoms with van der Waals surface area (Å²) in [6.07, 6.45) is 2.39. The fraction of sp³-hybridized carbons (Fsp3) is 0.357. The molecule has 18 heavy (non-hydrogen) atoms. The molecular weight excluding hydrogens is 230 g/mol. The summed E-state index contributed by atoms with van der Waals surface area (Å²) in [5.41, 5.74) is 0.992. The van der Waals surface area contributed by atoms with Crippen LogP contribution in [0.3, 0.4) is 0 Å². The maximum Gasteiger partial charge on any atom is 0.356 e. The molecule has 3 rings (SSSR count). The summed E-state index contributed by atoms with van der Waals surface area (Å²) >= 11 is 0. The molecule has 94 valence electrons. The minimum absolute atomic E-state index is 0.0545. The van der Waals surface area contributed by atoms with Gasteiger partial charge >= 0.3 is 5.97 Å². The van der Waals surface area contributed by atoms with Crippen LogP contribution in [0.15, 0.2) is 30.3 Å². The largest absolute Gasteiger partial charge is 0.476 e. The van der Waals surface area contributed by atoms with Gasteiger partial charge in [-0.1, -0.05) is 18.2 Å². The zero-order chi connectivity index (χ0) is 12.7. The topological polar surface area (TPSA) is 51.5 Å². The lowest BCUT2D eigenvalue weighted by Crippen LogP contribution is -2.26. The fourth-order valence-corrected chi connectivity index (χ4v) is 2.21. The molecule has 4 heteroatoms. The van der Waals surface area contributed by atoms with Crippen molar-refractivity contribution in [2.24, 2.45) is 5.92 Å². The Morgan fingerprint density at radius 3 is 2.83 bits per heavy atom. The molecule has 2 aromatic rings. The average molecular weight is 245 g/mol. The van der Waals surface area contributed by atoms with E-state index in [1.165, 1.54) is 17.6 Å². The molecular formula is C14H15NO3. The number of hydrogen-bond donors (Lipinski definition) is 1. The van der Waals surface area contributed by atoms with Crippen molar-refractivity contribution in [1.82, 2.24) is 4.73 Å². The van der Waals surface area contributed by atoms with Gasteiger partial charge in [0.25, 0.3) is 0 Å². The molecule has 0 spiro atoms. The van der Waals surface area contributed by atoms with E-state index in [2.05, 4.69) is 0 Å². The molecule has 1 aliphatic rings. The molecule has 1 aromatic heterocycles. The number of nitrogens with zero attached hydrogens (tertiary/aromatic N) is 1. The number of aromatic nitrogens is 1. The number of rotatable bonds is 4. The van der Waals surface area contributed by atoms with Gasteiger partial charge in [-0.15, -0.1) is 0 Å². The Balaban J connectivity index is 2.05. The first-order valence-corrected chi connectivity index (χ1v) is 6.18. The number of carboxylic acids is 1. The summed E-state index contributed by atoms with van der Waals surface area (Å²) in [7, 11) is 0. The molecule has 1 N–H and O–H groups in total. The monoisotopic (exact) mass is 245 g/mol. The molecule has 4 nitrogen and oxygen atoms in total. The second-order valence-electron chi connectivity index (χ2n) is 4.84. The predicted octanol–water partition coefficient (Wildman–Crippen LogP) is 2.57. The van der Waals surface area contributed by atoms with Gasteiger partial charge in [0.2, 0.25) is 0 Å². The standard InChI is InChI=1S/C14H15NO3/c1-9(10-6-7-10)18-15-12-5-3-2-4-11(12)8-13(15)14(16)17/h2-5,8-10H,6-7H2,1H3,(H,16,17). The molecule has 1 heterocycles. The van der Waals surface area contributed by atoms with Gasteiger partial charge in [-0.3, -0.25) is 0 Å². The molecule has 1 atom stereocenters. The molecule has 1 aliphatic carbocycles. The Morgan fingerprint density at radius 1 is 1.44 bits per heavy atom. The average Bonchev–Trinajstić information content (AvgIpc) is 3.13. The predicted molar refractivity (Wildman–Crippen MR) is 67.7 cm³/mol. The summed E-state index contributed by atoms with van der Waals surface area (Å²) in [5, 5.41) is 10.1. The first-order valence-electron chi connectivity index (χ1n) is 6.18. The van der Waals surface area contributed by atoms with Crippen LogP contribution in [0.2, 0.25) is 0 Å². The van der Waals surface area contributed by atoms with Crippen LogP contribution in [0.1, 0.15) is 30.3 Å². The first kappa shape index (κ1) is 11.1. The van der Waals surface area contributed by atoms with E-state index in [0.29, 0.717) is 5.92 Å². The van der Waals surface area contributed by atoms with Crippen LogP contribution in [0, 0.1) is 5.92 Å². The van der Waals surface area contributed by atoms with E-state index in [4.69, 9.17) is 4.84 Å². The number of fused-ring (bicyclic) bond motifs is 1. The maximum absolute atomic E-state index is 11.3. The van der Waals surface area contributed by atoms with Crippen LogP contribution in [0.25, 0.3) is 10.9 Å².